The molecule has 2 rings (SSSR count). The first kappa shape index (κ1) is 13.6. The maximum absolute atomic E-state index is 5.83. The van der Waals surface area contributed by atoms with Crippen LogP contribution in [0.1, 0.15) is 32.3 Å². The minimum atomic E-state index is 0.666. The standard InChI is InChI=1S/C16H26N2/c1-3-16(10-14-7-5-4-6-8-14)18-12-15(11-17)9-13(18)2/h4-8,13,15-16H,3,9-12,17H2,1-2H3. The molecule has 100 valence electrons. The highest BCUT2D eigenvalue weighted by atomic mass is 15.2. The molecule has 1 aliphatic heterocycles. The lowest BCUT2D eigenvalue weighted by molar-refractivity contribution is 0.180. The van der Waals surface area contributed by atoms with E-state index in [9.17, 15) is 0 Å². The van der Waals surface area contributed by atoms with Crippen molar-refractivity contribution in [2.24, 2.45) is 11.7 Å². The monoisotopic (exact) mass is 246 g/mol. The summed E-state index contributed by atoms with van der Waals surface area (Å²) in [6.45, 7) is 6.67. The minimum Gasteiger partial charge on any atom is -0.330 e. The van der Waals surface area contributed by atoms with Crippen LogP contribution < -0.4 is 5.73 Å². The van der Waals surface area contributed by atoms with Crippen LogP contribution in [0, 0.1) is 5.92 Å². The zero-order chi connectivity index (χ0) is 13.0. The topological polar surface area (TPSA) is 29.3 Å². The quantitative estimate of drug-likeness (QED) is 0.865. The van der Waals surface area contributed by atoms with Crippen molar-refractivity contribution in [3.63, 3.8) is 0 Å². The molecule has 3 atom stereocenters. The van der Waals surface area contributed by atoms with E-state index in [2.05, 4.69) is 49.1 Å². The van der Waals surface area contributed by atoms with Gasteiger partial charge in [0.1, 0.15) is 0 Å². The molecule has 2 heteroatoms. The lowest BCUT2D eigenvalue weighted by Crippen LogP contribution is -2.39. The predicted octanol–water partition coefficient (Wildman–Crippen LogP) is 2.68. The zero-order valence-electron chi connectivity index (χ0n) is 11.7. The van der Waals surface area contributed by atoms with Crippen LogP contribution in [0.15, 0.2) is 30.3 Å². The van der Waals surface area contributed by atoms with E-state index in [-0.39, 0.29) is 0 Å². The van der Waals surface area contributed by atoms with Gasteiger partial charge in [0.15, 0.2) is 0 Å². The summed E-state index contributed by atoms with van der Waals surface area (Å²) >= 11 is 0. The van der Waals surface area contributed by atoms with E-state index in [0.717, 1.165) is 6.54 Å². The Balaban J connectivity index is 2.01. The molecule has 1 aromatic carbocycles. The lowest BCUT2D eigenvalue weighted by atomic mass is 10.0. The molecule has 18 heavy (non-hydrogen) atoms. The minimum absolute atomic E-state index is 0.666. The molecule has 0 bridgehead atoms. The molecule has 0 saturated carbocycles. The van der Waals surface area contributed by atoms with Gasteiger partial charge < -0.3 is 5.73 Å². The van der Waals surface area contributed by atoms with Crippen molar-refractivity contribution in [3.8, 4) is 0 Å². The first-order chi connectivity index (χ1) is 8.74. The van der Waals surface area contributed by atoms with Gasteiger partial charge in [0, 0.05) is 18.6 Å². The van der Waals surface area contributed by atoms with E-state index < -0.39 is 0 Å². The largest absolute Gasteiger partial charge is 0.330 e. The van der Waals surface area contributed by atoms with Crippen molar-refractivity contribution in [2.45, 2.75) is 45.2 Å². The van der Waals surface area contributed by atoms with Crippen LogP contribution in [0.4, 0.5) is 0 Å². The Morgan fingerprint density at radius 3 is 2.61 bits per heavy atom. The number of hydrogen-bond acceptors (Lipinski definition) is 2. The Morgan fingerprint density at radius 1 is 1.33 bits per heavy atom. The van der Waals surface area contributed by atoms with Crippen LogP contribution in [0.25, 0.3) is 0 Å². The Labute approximate surface area is 111 Å². The number of likely N-dealkylation sites (tertiary alicyclic amines) is 1. The summed E-state index contributed by atoms with van der Waals surface area (Å²) in [5.41, 5.74) is 7.28. The van der Waals surface area contributed by atoms with Gasteiger partial charge in [-0.2, -0.15) is 0 Å². The second-order valence-corrected chi connectivity index (χ2v) is 5.64. The molecule has 1 aromatic rings. The van der Waals surface area contributed by atoms with Crippen molar-refractivity contribution in [1.82, 2.24) is 4.90 Å². The second kappa shape index (κ2) is 6.35. The highest BCUT2D eigenvalue weighted by Crippen LogP contribution is 2.27. The SMILES string of the molecule is CCC(Cc1ccccc1)N1CC(CN)CC1C. The van der Waals surface area contributed by atoms with Crippen LogP contribution in [0.2, 0.25) is 0 Å². The lowest BCUT2D eigenvalue weighted by Gasteiger charge is -2.31. The van der Waals surface area contributed by atoms with E-state index in [1.54, 1.807) is 0 Å². The first-order valence-corrected chi connectivity index (χ1v) is 7.24. The molecule has 0 radical (unpaired) electrons. The van der Waals surface area contributed by atoms with Gasteiger partial charge in [0.05, 0.1) is 0 Å². The summed E-state index contributed by atoms with van der Waals surface area (Å²) in [6, 6.07) is 12.2. The van der Waals surface area contributed by atoms with Gasteiger partial charge in [-0.1, -0.05) is 37.3 Å². The predicted molar refractivity (Wildman–Crippen MR) is 77.6 cm³/mol. The molecular weight excluding hydrogens is 220 g/mol. The smallest absolute Gasteiger partial charge is 0.0136 e. The van der Waals surface area contributed by atoms with Gasteiger partial charge in [-0.3, -0.25) is 4.90 Å². The summed E-state index contributed by atoms with van der Waals surface area (Å²) in [5, 5.41) is 0. The number of hydrogen-bond donors (Lipinski definition) is 1. The van der Waals surface area contributed by atoms with Gasteiger partial charge in [-0.15, -0.1) is 0 Å². The molecule has 2 nitrogen and oxygen atoms in total. The molecule has 0 spiro atoms. The Morgan fingerprint density at radius 2 is 2.06 bits per heavy atom. The van der Waals surface area contributed by atoms with E-state index in [1.807, 2.05) is 0 Å². The number of rotatable bonds is 5. The fourth-order valence-electron chi connectivity index (χ4n) is 3.23. The molecule has 2 N–H and O–H groups in total. The third kappa shape index (κ3) is 3.12. The van der Waals surface area contributed by atoms with Gasteiger partial charge in [-0.05, 0) is 44.2 Å². The summed E-state index contributed by atoms with van der Waals surface area (Å²) in [6.07, 6.45) is 3.65. The molecular formula is C16H26N2. The van der Waals surface area contributed by atoms with E-state index in [4.69, 9.17) is 5.73 Å². The average Bonchev–Trinajstić information content (AvgIpc) is 2.78. The fraction of sp³-hybridized carbons (Fsp3) is 0.625. The van der Waals surface area contributed by atoms with Crippen molar-refractivity contribution in [3.05, 3.63) is 35.9 Å². The van der Waals surface area contributed by atoms with Crippen molar-refractivity contribution in [1.29, 1.82) is 0 Å². The molecule has 1 saturated heterocycles. The van der Waals surface area contributed by atoms with Gasteiger partial charge in [-0.25, -0.2) is 0 Å². The third-order valence-corrected chi connectivity index (χ3v) is 4.30. The maximum atomic E-state index is 5.83. The highest BCUT2D eigenvalue weighted by molar-refractivity contribution is 5.16. The first-order valence-electron chi connectivity index (χ1n) is 7.24. The van der Waals surface area contributed by atoms with Crippen LogP contribution in [-0.4, -0.2) is 30.1 Å². The summed E-state index contributed by atoms with van der Waals surface area (Å²) in [4.78, 5) is 2.67. The van der Waals surface area contributed by atoms with Gasteiger partial charge in [0.25, 0.3) is 0 Å². The normalized spacial score (nSPS) is 26.4. The van der Waals surface area contributed by atoms with E-state index in [1.165, 1.54) is 31.4 Å². The van der Waals surface area contributed by atoms with Crippen molar-refractivity contribution >= 4 is 0 Å². The van der Waals surface area contributed by atoms with Crippen LogP contribution >= 0.6 is 0 Å². The molecule has 0 amide bonds. The molecule has 0 aromatic heterocycles. The van der Waals surface area contributed by atoms with Crippen LogP contribution in [0.3, 0.4) is 0 Å². The number of nitrogens with zero attached hydrogens (tertiary/aromatic N) is 1. The summed E-state index contributed by atoms with van der Waals surface area (Å²) in [5.74, 6) is 0.699. The van der Waals surface area contributed by atoms with E-state index >= 15 is 0 Å². The van der Waals surface area contributed by atoms with Crippen molar-refractivity contribution in [2.75, 3.05) is 13.1 Å². The molecule has 3 unspecified atom stereocenters. The molecule has 1 fully saturated rings. The van der Waals surface area contributed by atoms with Gasteiger partial charge >= 0.3 is 0 Å². The Bertz CT molecular complexity index is 349. The molecule has 1 heterocycles. The van der Waals surface area contributed by atoms with Crippen LogP contribution in [-0.2, 0) is 6.42 Å². The van der Waals surface area contributed by atoms with Crippen LogP contribution in [0.5, 0.6) is 0 Å². The average molecular weight is 246 g/mol. The van der Waals surface area contributed by atoms with Gasteiger partial charge in [0.2, 0.25) is 0 Å². The Kier molecular flexibility index (Phi) is 4.79. The summed E-state index contributed by atoms with van der Waals surface area (Å²) < 4.78 is 0. The van der Waals surface area contributed by atoms with E-state index in [0.29, 0.717) is 18.0 Å². The molecule has 0 aliphatic carbocycles. The summed E-state index contributed by atoms with van der Waals surface area (Å²) in [7, 11) is 0. The fourth-order valence-corrected chi connectivity index (χ4v) is 3.23. The number of benzene rings is 1. The number of nitrogens with two attached hydrogens (primary N) is 1. The van der Waals surface area contributed by atoms with Crippen molar-refractivity contribution < 1.29 is 0 Å². The molecule has 1 aliphatic rings. The zero-order valence-corrected chi connectivity index (χ0v) is 11.7. The highest BCUT2D eigenvalue weighted by Gasteiger charge is 2.32. The second-order valence-electron chi connectivity index (χ2n) is 5.64. The third-order valence-electron chi connectivity index (χ3n) is 4.30. The Hall–Kier alpha value is -0.860. The maximum Gasteiger partial charge on any atom is 0.0136 e.